The van der Waals surface area contributed by atoms with Crippen molar-refractivity contribution in [2.75, 3.05) is 11.9 Å². The van der Waals surface area contributed by atoms with Crippen molar-refractivity contribution in [2.24, 2.45) is 0 Å². The molecule has 0 spiro atoms. The second kappa shape index (κ2) is 5.33. The van der Waals surface area contributed by atoms with E-state index >= 15 is 0 Å². The molecule has 0 aliphatic heterocycles. The van der Waals surface area contributed by atoms with Crippen LogP contribution in [0.25, 0.3) is 0 Å². The summed E-state index contributed by atoms with van der Waals surface area (Å²) in [5.41, 5.74) is 1.57. The first-order valence-corrected chi connectivity index (χ1v) is 5.44. The van der Waals surface area contributed by atoms with Crippen LogP contribution in [0.5, 0.6) is 0 Å². The van der Waals surface area contributed by atoms with Crippen LogP contribution in [0.15, 0.2) is 6.07 Å². The number of nitrogens with one attached hydrogen (secondary N) is 1. The highest BCUT2D eigenvalue weighted by molar-refractivity contribution is 5.28. The Morgan fingerprint density at radius 1 is 1.29 bits per heavy atom. The van der Waals surface area contributed by atoms with Crippen molar-refractivity contribution in [3.63, 3.8) is 0 Å². The maximum atomic E-state index is 12.0. The number of halogens is 3. The molecule has 1 aromatic heterocycles. The topological polar surface area (TPSA) is 37.8 Å². The van der Waals surface area contributed by atoms with Gasteiger partial charge < -0.3 is 5.32 Å². The molecule has 1 rings (SSSR count). The predicted molar refractivity (Wildman–Crippen MR) is 60.0 cm³/mol. The van der Waals surface area contributed by atoms with E-state index in [1.54, 1.807) is 6.92 Å². The van der Waals surface area contributed by atoms with Crippen LogP contribution in [-0.4, -0.2) is 22.7 Å². The third kappa shape index (κ3) is 5.01. The van der Waals surface area contributed by atoms with E-state index in [0.29, 0.717) is 0 Å². The maximum Gasteiger partial charge on any atom is 0.390 e. The minimum atomic E-state index is -4.16. The van der Waals surface area contributed by atoms with E-state index in [1.165, 1.54) is 0 Å². The van der Waals surface area contributed by atoms with E-state index in [2.05, 4.69) is 15.3 Å². The zero-order valence-electron chi connectivity index (χ0n) is 10.1. The molecule has 0 saturated heterocycles. The zero-order valence-corrected chi connectivity index (χ0v) is 10.1. The minimum Gasteiger partial charge on any atom is -0.354 e. The standard InChI is InChI=1S/C11H16F3N3/c1-7(2)9-6-8(3)16-10(17-9)15-5-4-11(12,13)14/h6-7H,4-5H2,1-3H3,(H,15,16,17). The summed E-state index contributed by atoms with van der Waals surface area (Å²) in [6.07, 6.45) is -5.04. The number of hydrogen-bond donors (Lipinski definition) is 1. The van der Waals surface area contributed by atoms with Gasteiger partial charge in [0.05, 0.1) is 6.42 Å². The Hall–Kier alpha value is -1.33. The molecule has 0 atom stereocenters. The van der Waals surface area contributed by atoms with E-state index in [4.69, 9.17) is 0 Å². The number of hydrogen-bond acceptors (Lipinski definition) is 3. The van der Waals surface area contributed by atoms with Crippen molar-refractivity contribution in [1.82, 2.24) is 9.97 Å². The molecule has 17 heavy (non-hydrogen) atoms. The molecule has 0 aliphatic carbocycles. The van der Waals surface area contributed by atoms with Crippen LogP contribution in [0.2, 0.25) is 0 Å². The summed E-state index contributed by atoms with van der Waals surface area (Å²) in [6, 6.07) is 1.83. The minimum absolute atomic E-state index is 0.204. The average Bonchev–Trinajstić information content (AvgIpc) is 2.14. The Labute approximate surface area is 98.5 Å². The molecule has 1 heterocycles. The zero-order chi connectivity index (χ0) is 13.1. The summed E-state index contributed by atoms with van der Waals surface area (Å²) in [7, 11) is 0. The van der Waals surface area contributed by atoms with Gasteiger partial charge in [-0.05, 0) is 18.9 Å². The Kier molecular flexibility index (Phi) is 4.31. The Balaban J connectivity index is 2.65. The van der Waals surface area contributed by atoms with Gasteiger partial charge in [-0.1, -0.05) is 13.8 Å². The maximum absolute atomic E-state index is 12.0. The Bertz CT molecular complexity index is 375. The fourth-order valence-electron chi connectivity index (χ4n) is 1.28. The quantitative estimate of drug-likeness (QED) is 0.887. The third-order valence-corrected chi connectivity index (χ3v) is 2.16. The first kappa shape index (κ1) is 13.7. The summed E-state index contributed by atoms with van der Waals surface area (Å²) < 4.78 is 35.9. The molecule has 0 bridgehead atoms. The molecule has 0 aromatic carbocycles. The monoisotopic (exact) mass is 247 g/mol. The van der Waals surface area contributed by atoms with Crippen molar-refractivity contribution in [3.05, 3.63) is 17.5 Å². The number of aromatic nitrogens is 2. The van der Waals surface area contributed by atoms with Crippen LogP contribution < -0.4 is 5.32 Å². The van der Waals surface area contributed by atoms with Crippen LogP contribution in [0.3, 0.4) is 0 Å². The normalized spacial score (nSPS) is 11.9. The summed E-state index contributed by atoms with van der Waals surface area (Å²) in [5.74, 6) is 0.484. The number of anilines is 1. The largest absolute Gasteiger partial charge is 0.390 e. The van der Waals surface area contributed by atoms with Crippen molar-refractivity contribution in [1.29, 1.82) is 0 Å². The average molecular weight is 247 g/mol. The highest BCUT2D eigenvalue weighted by Gasteiger charge is 2.26. The smallest absolute Gasteiger partial charge is 0.354 e. The summed E-state index contributed by atoms with van der Waals surface area (Å²) in [6.45, 7) is 5.54. The Morgan fingerprint density at radius 3 is 2.47 bits per heavy atom. The van der Waals surface area contributed by atoms with Crippen molar-refractivity contribution in [2.45, 2.75) is 39.3 Å². The lowest BCUT2D eigenvalue weighted by atomic mass is 10.1. The highest BCUT2D eigenvalue weighted by Crippen LogP contribution is 2.19. The lowest BCUT2D eigenvalue weighted by Gasteiger charge is -2.11. The molecule has 0 fully saturated rings. The fourth-order valence-corrected chi connectivity index (χ4v) is 1.28. The summed E-state index contributed by atoms with van der Waals surface area (Å²) in [5, 5.41) is 2.60. The molecule has 0 amide bonds. The predicted octanol–water partition coefficient (Wildman–Crippen LogP) is 3.27. The summed E-state index contributed by atoms with van der Waals surface area (Å²) in [4.78, 5) is 8.21. The molecule has 96 valence electrons. The second-order valence-electron chi connectivity index (χ2n) is 4.20. The van der Waals surface area contributed by atoms with Gasteiger partial charge in [0.15, 0.2) is 0 Å². The molecular weight excluding hydrogens is 231 g/mol. The van der Waals surface area contributed by atoms with Gasteiger partial charge in [0.2, 0.25) is 5.95 Å². The van der Waals surface area contributed by atoms with Gasteiger partial charge >= 0.3 is 6.18 Å². The number of aryl methyl sites for hydroxylation is 1. The molecule has 0 aliphatic rings. The van der Waals surface area contributed by atoms with Gasteiger partial charge in [0, 0.05) is 17.9 Å². The van der Waals surface area contributed by atoms with Crippen molar-refractivity contribution in [3.8, 4) is 0 Å². The van der Waals surface area contributed by atoms with Crippen LogP contribution in [0, 0.1) is 6.92 Å². The molecule has 1 aromatic rings. The van der Waals surface area contributed by atoms with Gasteiger partial charge in [0.1, 0.15) is 0 Å². The SMILES string of the molecule is Cc1cc(C(C)C)nc(NCCC(F)(F)F)n1. The van der Waals surface area contributed by atoms with Gasteiger partial charge in [-0.3, -0.25) is 0 Å². The second-order valence-corrected chi connectivity index (χ2v) is 4.20. The molecule has 3 nitrogen and oxygen atoms in total. The van der Waals surface area contributed by atoms with Crippen LogP contribution >= 0.6 is 0 Å². The Morgan fingerprint density at radius 2 is 1.94 bits per heavy atom. The number of nitrogens with zero attached hydrogens (tertiary/aromatic N) is 2. The van der Waals surface area contributed by atoms with Gasteiger partial charge in [0.25, 0.3) is 0 Å². The first-order chi connectivity index (χ1) is 7.78. The van der Waals surface area contributed by atoms with Crippen LogP contribution in [0.1, 0.15) is 37.6 Å². The van der Waals surface area contributed by atoms with Crippen LogP contribution in [-0.2, 0) is 0 Å². The van der Waals surface area contributed by atoms with Crippen LogP contribution in [0.4, 0.5) is 19.1 Å². The molecule has 0 unspecified atom stereocenters. The van der Waals surface area contributed by atoms with E-state index in [1.807, 2.05) is 19.9 Å². The van der Waals surface area contributed by atoms with E-state index in [9.17, 15) is 13.2 Å². The van der Waals surface area contributed by atoms with Crippen molar-refractivity contribution < 1.29 is 13.2 Å². The lowest BCUT2D eigenvalue weighted by Crippen LogP contribution is -2.16. The highest BCUT2D eigenvalue weighted by atomic mass is 19.4. The molecule has 1 N–H and O–H groups in total. The summed E-state index contributed by atoms with van der Waals surface area (Å²) >= 11 is 0. The van der Waals surface area contributed by atoms with E-state index in [-0.39, 0.29) is 18.4 Å². The molecule has 0 radical (unpaired) electrons. The third-order valence-electron chi connectivity index (χ3n) is 2.16. The fraction of sp³-hybridized carbons (Fsp3) is 0.636. The van der Waals surface area contributed by atoms with E-state index < -0.39 is 12.6 Å². The molecule has 0 saturated carbocycles. The van der Waals surface area contributed by atoms with Crippen molar-refractivity contribution >= 4 is 5.95 Å². The number of alkyl halides is 3. The number of rotatable bonds is 4. The molecular formula is C11H16F3N3. The van der Waals surface area contributed by atoms with E-state index in [0.717, 1.165) is 11.4 Å². The molecule has 6 heteroatoms. The van der Waals surface area contributed by atoms with Gasteiger partial charge in [-0.15, -0.1) is 0 Å². The first-order valence-electron chi connectivity index (χ1n) is 5.44. The van der Waals surface area contributed by atoms with Gasteiger partial charge in [-0.2, -0.15) is 13.2 Å². The van der Waals surface area contributed by atoms with Gasteiger partial charge in [-0.25, -0.2) is 9.97 Å². The lowest BCUT2D eigenvalue weighted by molar-refractivity contribution is -0.131.